The Kier molecular flexibility index (Phi) is 17.9. The van der Waals surface area contributed by atoms with Crippen LogP contribution in [-0.2, 0) is 19.6 Å². The Bertz CT molecular complexity index is 780. The third-order valence-electron chi connectivity index (χ3n) is 5.03. The summed E-state index contributed by atoms with van der Waals surface area (Å²) in [6, 6.07) is 5.79. The Morgan fingerprint density at radius 2 is 1.28 bits per heavy atom. The summed E-state index contributed by atoms with van der Waals surface area (Å²) in [5.74, 6) is -1.74. The maximum Gasteiger partial charge on any atom is 1.00 e. The summed E-state index contributed by atoms with van der Waals surface area (Å²) in [6.45, 7) is 3.42. The van der Waals surface area contributed by atoms with Crippen molar-refractivity contribution in [1.82, 2.24) is 0 Å². The zero-order chi connectivity index (χ0) is 23.1. The molecule has 0 aliphatic carbocycles. The van der Waals surface area contributed by atoms with Crippen molar-refractivity contribution in [3.8, 4) is 0 Å². The fourth-order valence-corrected chi connectivity index (χ4v) is 3.33. The SMILES string of the molecule is CCCCCCCCCCCCCOC(=O)c1ccccc1C(=O)OC(C)S(=O)(=O)[O-].[K+]. The van der Waals surface area contributed by atoms with Crippen LogP contribution in [0.1, 0.15) is 105 Å². The molecule has 0 spiro atoms. The molecule has 1 aromatic carbocycles. The number of hydrogen-bond acceptors (Lipinski definition) is 7. The zero-order valence-electron chi connectivity index (χ0n) is 19.6. The number of carbonyl (C=O) groups excluding carboxylic acids is 2. The van der Waals surface area contributed by atoms with Gasteiger partial charge in [0.05, 0.1) is 17.7 Å². The second kappa shape index (κ2) is 18.1. The van der Waals surface area contributed by atoms with E-state index in [1.807, 2.05) is 0 Å². The third-order valence-corrected chi connectivity index (χ3v) is 5.94. The molecule has 0 heterocycles. The van der Waals surface area contributed by atoms with Crippen LogP contribution in [0.15, 0.2) is 24.3 Å². The van der Waals surface area contributed by atoms with Gasteiger partial charge < -0.3 is 14.0 Å². The monoisotopic (exact) mass is 494 g/mol. The number of carbonyl (C=O) groups is 2. The first kappa shape index (κ1) is 31.7. The van der Waals surface area contributed by atoms with Crippen LogP contribution in [-0.4, -0.2) is 37.0 Å². The second-order valence-electron chi connectivity index (χ2n) is 7.68. The Morgan fingerprint density at radius 3 is 1.75 bits per heavy atom. The molecule has 0 aromatic heterocycles. The maximum atomic E-state index is 12.3. The summed E-state index contributed by atoms with van der Waals surface area (Å²) in [5.41, 5.74) is -2.01. The van der Waals surface area contributed by atoms with Crippen molar-refractivity contribution in [3.63, 3.8) is 0 Å². The van der Waals surface area contributed by atoms with Gasteiger partial charge in [-0.1, -0.05) is 83.3 Å². The van der Waals surface area contributed by atoms with E-state index in [1.54, 1.807) is 6.07 Å². The normalized spacial score (nSPS) is 12.0. The maximum absolute atomic E-state index is 12.3. The molecule has 9 heteroatoms. The predicted molar refractivity (Wildman–Crippen MR) is 118 cm³/mol. The number of hydrogen-bond donors (Lipinski definition) is 0. The van der Waals surface area contributed by atoms with Crippen molar-refractivity contribution < 1.29 is 83.4 Å². The van der Waals surface area contributed by atoms with Gasteiger partial charge in [-0.05, 0) is 25.5 Å². The van der Waals surface area contributed by atoms with Gasteiger partial charge in [0.1, 0.15) is 10.1 Å². The number of esters is 2. The van der Waals surface area contributed by atoms with Crippen LogP contribution in [0.3, 0.4) is 0 Å². The van der Waals surface area contributed by atoms with Crippen molar-refractivity contribution in [1.29, 1.82) is 0 Å². The van der Waals surface area contributed by atoms with E-state index >= 15 is 0 Å². The average Bonchev–Trinajstić information content (AvgIpc) is 2.73. The van der Waals surface area contributed by atoms with Crippen molar-refractivity contribution in [2.24, 2.45) is 0 Å². The molecule has 0 bridgehead atoms. The summed E-state index contributed by atoms with van der Waals surface area (Å²) >= 11 is 0. The summed E-state index contributed by atoms with van der Waals surface area (Å²) in [6.07, 6.45) is 13.0. The first-order chi connectivity index (χ1) is 14.8. The molecule has 0 aliphatic rings. The summed E-state index contributed by atoms with van der Waals surface area (Å²) < 4.78 is 42.7. The van der Waals surface area contributed by atoms with E-state index in [2.05, 4.69) is 11.7 Å². The van der Waals surface area contributed by atoms with Gasteiger partial charge in [-0.2, -0.15) is 0 Å². The van der Waals surface area contributed by atoms with Crippen molar-refractivity contribution >= 4 is 22.1 Å². The minimum atomic E-state index is -4.78. The van der Waals surface area contributed by atoms with Gasteiger partial charge in [-0.3, -0.25) is 0 Å². The number of rotatable bonds is 16. The number of benzene rings is 1. The van der Waals surface area contributed by atoms with E-state index in [1.165, 1.54) is 69.6 Å². The van der Waals surface area contributed by atoms with Crippen molar-refractivity contribution in [2.75, 3.05) is 6.61 Å². The molecule has 0 saturated carbocycles. The van der Waals surface area contributed by atoms with Crippen LogP contribution in [0.4, 0.5) is 0 Å². The molecule has 0 N–H and O–H groups in total. The smallest absolute Gasteiger partial charge is 0.745 e. The topological polar surface area (TPSA) is 110 Å². The molecular weight excluding hydrogens is 459 g/mol. The second-order valence-corrected chi connectivity index (χ2v) is 9.33. The summed E-state index contributed by atoms with van der Waals surface area (Å²) in [7, 11) is -4.78. The Morgan fingerprint density at radius 1 is 0.844 bits per heavy atom. The van der Waals surface area contributed by atoms with Gasteiger partial charge in [0.2, 0.25) is 0 Å². The minimum absolute atomic E-state index is 0. The molecule has 0 amide bonds. The van der Waals surface area contributed by atoms with Gasteiger partial charge in [0.15, 0.2) is 5.44 Å². The fourth-order valence-electron chi connectivity index (χ4n) is 3.12. The van der Waals surface area contributed by atoms with Gasteiger partial charge in [-0.15, -0.1) is 0 Å². The first-order valence-corrected chi connectivity index (χ1v) is 12.7. The Labute approximate surface area is 235 Å². The van der Waals surface area contributed by atoms with Crippen LogP contribution in [0.5, 0.6) is 0 Å². The van der Waals surface area contributed by atoms with Crippen LogP contribution < -0.4 is 51.4 Å². The zero-order valence-corrected chi connectivity index (χ0v) is 23.6. The van der Waals surface area contributed by atoms with E-state index in [4.69, 9.17) is 4.74 Å². The summed E-state index contributed by atoms with van der Waals surface area (Å²) in [5, 5.41) is 0. The molecule has 0 radical (unpaired) electrons. The number of ether oxygens (including phenoxy) is 2. The van der Waals surface area contributed by atoms with Crippen molar-refractivity contribution in [2.45, 2.75) is 89.9 Å². The van der Waals surface area contributed by atoms with Gasteiger partial charge in [0.25, 0.3) is 0 Å². The Hall–Kier alpha value is -0.294. The molecule has 176 valence electrons. The molecule has 32 heavy (non-hydrogen) atoms. The number of unbranched alkanes of at least 4 members (excludes halogenated alkanes) is 10. The molecule has 1 aromatic rings. The van der Waals surface area contributed by atoms with E-state index in [0.29, 0.717) is 0 Å². The molecule has 0 saturated heterocycles. The molecule has 1 unspecified atom stereocenters. The summed E-state index contributed by atoms with van der Waals surface area (Å²) in [4.78, 5) is 24.5. The quantitative estimate of drug-likeness (QED) is 0.150. The molecule has 1 rings (SSSR count). The van der Waals surface area contributed by atoms with Crippen LogP contribution in [0, 0.1) is 0 Å². The molecular formula is C23H35KO7S. The fraction of sp³-hybridized carbons (Fsp3) is 0.652. The molecule has 0 aliphatic heterocycles. The largest absolute Gasteiger partial charge is 1.00 e. The molecule has 1 atom stereocenters. The van der Waals surface area contributed by atoms with E-state index in [-0.39, 0.29) is 69.1 Å². The van der Waals surface area contributed by atoms with Crippen LogP contribution in [0.2, 0.25) is 0 Å². The van der Waals surface area contributed by atoms with Crippen LogP contribution >= 0.6 is 0 Å². The average molecular weight is 495 g/mol. The predicted octanol–water partition coefficient (Wildman–Crippen LogP) is 2.21. The van der Waals surface area contributed by atoms with Gasteiger partial charge >= 0.3 is 63.3 Å². The standard InChI is InChI=1S/C23H36O7S.K/c1-3-4-5-6-7-8-9-10-11-12-15-18-29-22(24)20-16-13-14-17-21(20)23(25)30-19(2)31(26,27)28;/h13-14,16-17,19H,3-12,15,18H2,1-2H3,(H,26,27,28);/q;+1/p-1. The Balaban J connectivity index is 0.00000961. The molecule has 0 fully saturated rings. The van der Waals surface area contributed by atoms with E-state index < -0.39 is 27.5 Å². The van der Waals surface area contributed by atoms with Crippen molar-refractivity contribution in [3.05, 3.63) is 35.4 Å². The van der Waals surface area contributed by atoms with Gasteiger partial charge in [0, 0.05) is 0 Å². The third kappa shape index (κ3) is 13.4. The minimum Gasteiger partial charge on any atom is -0.745 e. The van der Waals surface area contributed by atoms with Crippen LogP contribution in [0.25, 0.3) is 0 Å². The molecule has 7 nitrogen and oxygen atoms in total. The van der Waals surface area contributed by atoms with E-state index in [9.17, 15) is 22.6 Å². The first-order valence-electron chi connectivity index (χ1n) is 11.2. The van der Waals surface area contributed by atoms with E-state index in [0.717, 1.165) is 26.2 Å². The van der Waals surface area contributed by atoms with Gasteiger partial charge in [-0.25, -0.2) is 18.0 Å².